The van der Waals surface area contributed by atoms with Crippen molar-refractivity contribution in [1.29, 1.82) is 0 Å². The molecule has 1 fully saturated rings. The Hall–Kier alpha value is -2.21. The second-order valence-corrected chi connectivity index (χ2v) is 6.02. The molecule has 1 atom stereocenters. The van der Waals surface area contributed by atoms with Crippen LogP contribution in [0.4, 0.5) is 0 Å². The molecule has 1 aromatic heterocycles. The summed E-state index contributed by atoms with van der Waals surface area (Å²) < 4.78 is 5.36. The molecule has 23 heavy (non-hydrogen) atoms. The molecular formula is C17H22N4O2. The van der Waals surface area contributed by atoms with E-state index in [0.717, 1.165) is 25.9 Å². The smallest absolute Gasteiger partial charge is 0.240 e. The van der Waals surface area contributed by atoms with Gasteiger partial charge in [0.1, 0.15) is 0 Å². The van der Waals surface area contributed by atoms with Crippen LogP contribution in [0.5, 0.6) is 0 Å². The maximum Gasteiger partial charge on any atom is 0.240 e. The number of rotatable bonds is 5. The van der Waals surface area contributed by atoms with Crippen molar-refractivity contribution in [2.45, 2.75) is 38.9 Å². The normalized spacial score (nSPS) is 18.3. The molecule has 6 heteroatoms. The zero-order valence-corrected chi connectivity index (χ0v) is 13.6. The summed E-state index contributed by atoms with van der Waals surface area (Å²) >= 11 is 0. The Morgan fingerprint density at radius 3 is 2.83 bits per heavy atom. The number of hydrogen-bond donors (Lipinski definition) is 0. The number of benzene rings is 1. The molecule has 1 amide bonds. The third-order valence-electron chi connectivity index (χ3n) is 4.19. The minimum absolute atomic E-state index is 0.0655. The van der Waals surface area contributed by atoms with Crippen molar-refractivity contribution in [2.75, 3.05) is 13.6 Å². The Morgan fingerprint density at radius 2 is 2.13 bits per heavy atom. The van der Waals surface area contributed by atoms with Crippen LogP contribution in [-0.4, -0.2) is 45.5 Å². The van der Waals surface area contributed by atoms with Crippen LogP contribution >= 0.6 is 0 Å². The Kier molecular flexibility index (Phi) is 4.71. The summed E-state index contributed by atoms with van der Waals surface area (Å²) in [4.78, 5) is 16.7. The SMILES string of the molecule is Cc1nnc(CN(C)C(=O)[C@@H]2CCCN2Cc2ccccc2)o1. The highest BCUT2D eigenvalue weighted by Crippen LogP contribution is 2.22. The number of hydrogen-bond acceptors (Lipinski definition) is 5. The van der Waals surface area contributed by atoms with Gasteiger partial charge < -0.3 is 9.32 Å². The molecule has 0 N–H and O–H groups in total. The van der Waals surface area contributed by atoms with E-state index in [-0.39, 0.29) is 11.9 Å². The molecule has 1 aromatic carbocycles. The summed E-state index contributed by atoms with van der Waals surface area (Å²) in [5, 5.41) is 7.76. The topological polar surface area (TPSA) is 62.5 Å². The monoisotopic (exact) mass is 314 g/mol. The predicted molar refractivity (Wildman–Crippen MR) is 85.4 cm³/mol. The maximum absolute atomic E-state index is 12.8. The summed E-state index contributed by atoms with van der Waals surface area (Å²) in [6.45, 7) is 3.87. The molecule has 122 valence electrons. The summed E-state index contributed by atoms with van der Waals surface area (Å²) in [6, 6.07) is 10.2. The van der Waals surface area contributed by atoms with E-state index in [4.69, 9.17) is 4.42 Å². The molecule has 1 saturated heterocycles. The molecule has 1 aliphatic heterocycles. The Balaban J connectivity index is 1.63. The highest BCUT2D eigenvalue weighted by molar-refractivity contribution is 5.81. The van der Waals surface area contributed by atoms with Crippen molar-refractivity contribution in [3.05, 3.63) is 47.7 Å². The van der Waals surface area contributed by atoms with Crippen LogP contribution in [0.2, 0.25) is 0 Å². The second kappa shape index (κ2) is 6.91. The van der Waals surface area contributed by atoms with Gasteiger partial charge in [-0.1, -0.05) is 30.3 Å². The number of carbonyl (C=O) groups excluding carboxylic acids is 1. The van der Waals surface area contributed by atoms with Crippen LogP contribution in [0.1, 0.15) is 30.2 Å². The molecule has 1 aliphatic rings. The van der Waals surface area contributed by atoms with Gasteiger partial charge >= 0.3 is 0 Å². The van der Waals surface area contributed by atoms with Gasteiger partial charge in [-0.25, -0.2) is 0 Å². The highest BCUT2D eigenvalue weighted by Gasteiger charge is 2.32. The summed E-state index contributed by atoms with van der Waals surface area (Å²) in [5.74, 6) is 1.12. The van der Waals surface area contributed by atoms with Gasteiger partial charge in [-0.2, -0.15) is 0 Å². The average molecular weight is 314 g/mol. The van der Waals surface area contributed by atoms with Gasteiger partial charge in [0.05, 0.1) is 12.6 Å². The summed E-state index contributed by atoms with van der Waals surface area (Å²) in [6.07, 6.45) is 1.95. The van der Waals surface area contributed by atoms with Crippen molar-refractivity contribution in [3.63, 3.8) is 0 Å². The van der Waals surface area contributed by atoms with Crippen LogP contribution in [0.3, 0.4) is 0 Å². The van der Waals surface area contributed by atoms with Crippen LogP contribution in [0.25, 0.3) is 0 Å². The largest absolute Gasteiger partial charge is 0.424 e. The van der Waals surface area contributed by atoms with Crippen molar-refractivity contribution < 1.29 is 9.21 Å². The quantitative estimate of drug-likeness (QED) is 0.844. The Bertz CT molecular complexity index is 656. The summed E-state index contributed by atoms with van der Waals surface area (Å²) in [5.41, 5.74) is 1.24. The standard InChI is InChI=1S/C17H22N4O2/c1-13-18-19-16(23-13)12-20(2)17(22)15-9-6-10-21(15)11-14-7-4-3-5-8-14/h3-5,7-8,15H,6,9-12H2,1-2H3/t15-/m0/s1. The van der Waals surface area contributed by atoms with Crippen molar-refractivity contribution in [1.82, 2.24) is 20.0 Å². The van der Waals surface area contributed by atoms with Crippen LogP contribution in [0, 0.1) is 6.92 Å². The van der Waals surface area contributed by atoms with Crippen LogP contribution < -0.4 is 0 Å². The van der Waals surface area contributed by atoms with E-state index in [1.807, 2.05) is 18.2 Å². The molecule has 0 unspecified atom stereocenters. The van der Waals surface area contributed by atoms with Crippen molar-refractivity contribution in [3.8, 4) is 0 Å². The number of likely N-dealkylation sites (N-methyl/N-ethyl adjacent to an activating group) is 1. The molecule has 0 aliphatic carbocycles. The molecule has 2 aromatic rings. The van der Waals surface area contributed by atoms with Gasteiger partial charge in [0.25, 0.3) is 0 Å². The molecule has 2 heterocycles. The molecule has 0 bridgehead atoms. The predicted octanol–water partition coefficient (Wildman–Crippen LogP) is 2.00. The van der Waals surface area contributed by atoms with Crippen LogP contribution in [0.15, 0.2) is 34.7 Å². The lowest BCUT2D eigenvalue weighted by molar-refractivity contribution is -0.135. The van der Waals surface area contributed by atoms with E-state index in [0.29, 0.717) is 18.3 Å². The van der Waals surface area contributed by atoms with E-state index >= 15 is 0 Å². The third-order valence-corrected chi connectivity index (χ3v) is 4.19. The number of aryl methyl sites for hydroxylation is 1. The fourth-order valence-corrected chi connectivity index (χ4v) is 3.05. The molecule has 0 radical (unpaired) electrons. The first-order chi connectivity index (χ1) is 11.1. The number of carbonyl (C=O) groups is 1. The van der Waals surface area contributed by atoms with Gasteiger partial charge in [0.2, 0.25) is 17.7 Å². The van der Waals surface area contributed by atoms with E-state index < -0.39 is 0 Å². The van der Waals surface area contributed by atoms with E-state index in [2.05, 4.69) is 27.2 Å². The lowest BCUT2D eigenvalue weighted by Gasteiger charge is -2.27. The van der Waals surface area contributed by atoms with Gasteiger partial charge in [-0.05, 0) is 24.9 Å². The van der Waals surface area contributed by atoms with Gasteiger partial charge in [-0.3, -0.25) is 9.69 Å². The Labute approximate surface area is 136 Å². The molecular weight excluding hydrogens is 292 g/mol. The fourth-order valence-electron chi connectivity index (χ4n) is 3.05. The number of likely N-dealkylation sites (tertiary alicyclic amines) is 1. The Morgan fingerprint density at radius 1 is 1.35 bits per heavy atom. The first kappa shape index (κ1) is 15.7. The lowest BCUT2D eigenvalue weighted by Crippen LogP contribution is -2.43. The molecule has 6 nitrogen and oxygen atoms in total. The third kappa shape index (κ3) is 3.76. The minimum atomic E-state index is -0.0655. The number of nitrogens with zero attached hydrogens (tertiary/aromatic N) is 4. The van der Waals surface area contributed by atoms with Crippen molar-refractivity contribution in [2.24, 2.45) is 0 Å². The maximum atomic E-state index is 12.8. The minimum Gasteiger partial charge on any atom is -0.424 e. The van der Waals surface area contributed by atoms with Gasteiger partial charge in [0.15, 0.2) is 0 Å². The van der Waals surface area contributed by atoms with Crippen molar-refractivity contribution >= 4 is 5.91 Å². The van der Waals surface area contributed by atoms with Gasteiger partial charge in [-0.15, -0.1) is 10.2 Å². The molecule has 0 saturated carbocycles. The summed E-state index contributed by atoms with van der Waals surface area (Å²) in [7, 11) is 1.79. The fraction of sp³-hybridized carbons (Fsp3) is 0.471. The van der Waals surface area contributed by atoms with Crippen LogP contribution in [-0.2, 0) is 17.9 Å². The average Bonchev–Trinajstić information content (AvgIpc) is 3.16. The molecule has 0 spiro atoms. The van der Waals surface area contributed by atoms with E-state index in [1.54, 1.807) is 18.9 Å². The first-order valence-electron chi connectivity index (χ1n) is 7.95. The van der Waals surface area contributed by atoms with Gasteiger partial charge in [0, 0.05) is 20.5 Å². The lowest BCUT2D eigenvalue weighted by atomic mass is 10.1. The second-order valence-electron chi connectivity index (χ2n) is 6.02. The number of amides is 1. The number of aromatic nitrogens is 2. The van der Waals surface area contributed by atoms with E-state index in [9.17, 15) is 4.79 Å². The zero-order chi connectivity index (χ0) is 16.2. The van der Waals surface area contributed by atoms with E-state index in [1.165, 1.54) is 5.56 Å². The molecule has 3 rings (SSSR count). The zero-order valence-electron chi connectivity index (χ0n) is 13.6. The highest BCUT2D eigenvalue weighted by atomic mass is 16.4. The first-order valence-corrected chi connectivity index (χ1v) is 7.95.